The normalized spacial score (nSPS) is 19.4. The molecule has 0 N–H and O–H groups in total. The summed E-state index contributed by atoms with van der Waals surface area (Å²) in [4.78, 5) is 33.9. The predicted molar refractivity (Wildman–Crippen MR) is 116 cm³/mol. The van der Waals surface area contributed by atoms with Crippen molar-refractivity contribution in [2.24, 2.45) is 5.92 Å². The van der Waals surface area contributed by atoms with Gasteiger partial charge in [0.05, 0.1) is 20.3 Å². The van der Waals surface area contributed by atoms with Crippen LogP contribution in [0.1, 0.15) is 47.6 Å². The molecule has 1 aromatic carbocycles. The number of rotatable bonds is 5. The van der Waals surface area contributed by atoms with E-state index in [1.807, 2.05) is 28.0 Å². The number of benzene rings is 1. The van der Waals surface area contributed by atoms with E-state index >= 15 is 0 Å². The minimum atomic E-state index is -0.0396. The summed E-state index contributed by atoms with van der Waals surface area (Å²) in [5, 5.41) is 0. The Morgan fingerprint density at radius 1 is 0.935 bits per heavy atom. The van der Waals surface area contributed by atoms with Crippen LogP contribution in [0, 0.1) is 5.92 Å². The van der Waals surface area contributed by atoms with Gasteiger partial charge in [-0.3, -0.25) is 14.6 Å². The smallest absolute Gasteiger partial charge is 0.253 e. The monoisotopic (exact) mass is 423 g/mol. The average molecular weight is 424 g/mol. The van der Waals surface area contributed by atoms with E-state index < -0.39 is 0 Å². The molecule has 3 heterocycles. The summed E-state index contributed by atoms with van der Waals surface area (Å²) in [7, 11) is 3.24. The molecule has 0 radical (unpaired) electrons. The minimum absolute atomic E-state index is 0.0117. The fourth-order valence-corrected chi connectivity index (χ4v) is 4.68. The molecular formula is C24H29N3O4. The lowest BCUT2D eigenvalue weighted by Crippen LogP contribution is -2.44. The zero-order chi connectivity index (χ0) is 21.8. The lowest BCUT2D eigenvalue weighted by Gasteiger charge is -2.35. The van der Waals surface area contributed by atoms with Gasteiger partial charge in [0.15, 0.2) is 11.5 Å². The summed E-state index contributed by atoms with van der Waals surface area (Å²) in [6.45, 7) is 1.98. The summed E-state index contributed by atoms with van der Waals surface area (Å²) in [5.41, 5.74) is 1.72. The molecule has 1 atom stereocenters. The van der Waals surface area contributed by atoms with Crippen LogP contribution in [-0.4, -0.2) is 60.5 Å². The molecule has 7 nitrogen and oxygen atoms in total. The lowest BCUT2D eigenvalue weighted by molar-refractivity contribution is -0.137. The second kappa shape index (κ2) is 9.37. The van der Waals surface area contributed by atoms with E-state index in [-0.39, 0.29) is 23.8 Å². The third kappa shape index (κ3) is 4.36. The van der Waals surface area contributed by atoms with Gasteiger partial charge in [-0.2, -0.15) is 0 Å². The van der Waals surface area contributed by atoms with Crippen molar-refractivity contribution in [2.45, 2.75) is 31.7 Å². The number of pyridine rings is 1. The van der Waals surface area contributed by atoms with Crippen LogP contribution in [0.3, 0.4) is 0 Å². The van der Waals surface area contributed by atoms with Crippen molar-refractivity contribution < 1.29 is 19.1 Å². The zero-order valence-electron chi connectivity index (χ0n) is 18.1. The van der Waals surface area contributed by atoms with E-state index in [1.165, 1.54) is 0 Å². The van der Waals surface area contributed by atoms with Gasteiger partial charge in [0.2, 0.25) is 5.91 Å². The highest BCUT2D eigenvalue weighted by Gasteiger charge is 2.36. The van der Waals surface area contributed by atoms with Crippen LogP contribution in [0.2, 0.25) is 0 Å². The number of amides is 2. The fourth-order valence-electron chi connectivity index (χ4n) is 4.68. The number of piperidine rings is 1. The molecule has 0 aliphatic carbocycles. The molecule has 0 unspecified atom stereocenters. The minimum Gasteiger partial charge on any atom is -0.493 e. The average Bonchev–Trinajstić information content (AvgIpc) is 3.33. The molecule has 2 amide bonds. The fraction of sp³-hybridized carbons (Fsp3) is 0.458. The standard InChI is InChI=1S/C24H29N3O4/c1-30-21-6-5-19(16-22(21)31-2)20-4-3-13-27(20)24(29)18-9-14-26(15-10-18)23(28)17-7-11-25-12-8-17/h5-8,11-12,16,18,20H,3-4,9-10,13-15H2,1-2H3/t20-/m0/s1. The Kier molecular flexibility index (Phi) is 6.39. The highest BCUT2D eigenvalue weighted by atomic mass is 16.5. The molecule has 2 fully saturated rings. The molecular weight excluding hydrogens is 394 g/mol. The number of aromatic nitrogens is 1. The third-order valence-corrected chi connectivity index (χ3v) is 6.39. The van der Waals surface area contributed by atoms with E-state index in [9.17, 15) is 9.59 Å². The lowest BCUT2D eigenvalue weighted by atomic mass is 9.93. The molecule has 2 aliphatic rings. The van der Waals surface area contributed by atoms with Crippen LogP contribution in [-0.2, 0) is 4.79 Å². The summed E-state index contributed by atoms with van der Waals surface area (Å²) >= 11 is 0. The van der Waals surface area contributed by atoms with Gasteiger partial charge in [-0.15, -0.1) is 0 Å². The Bertz CT molecular complexity index is 926. The largest absolute Gasteiger partial charge is 0.493 e. The summed E-state index contributed by atoms with van der Waals surface area (Å²) < 4.78 is 10.8. The van der Waals surface area contributed by atoms with E-state index in [1.54, 1.807) is 38.7 Å². The molecule has 164 valence electrons. The molecule has 0 spiro atoms. The summed E-state index contributed by atoms with van der Waals surface area (Å²) in [5.74, 6) is 1.55. The van der Waals surface area contributed by atoms with Gasteiger partial charge < -0.3 is 19.3 Å². The molecule has 2 aromatic rings. The van der Waals surface area contributed by atoms with Crippen molar-refractivity contribution >= 4 is 11.8 Å². The quantitative estimate of drug-likeness (QED) is 0.738. The van der Waals surface area contributed by atoms with Crippen LogP contribution < -0.4 is 9.47 Å². The van der Waals surface area contributed by atoms with E-state index in [0.717, 1.165) is 24.9 Å². The van der Waals surface area contributed by atoms with Gasteiger partial charge >= 0.3 is 0 Å². The second-order valence-corrected chi connectivity index (χ2v) is 8.11. The molecule has 31 heavy (non-hydrogen) atoms. The predicted octanol–water partition coefficient (Wildman–Crippen LogP) is 3.31. The number of methoxy groups -OCH3 is 2. The molecule has 2 saturated heterocycles. The number of hydrogen-bond donors (Lipinski definition) is 0. The third-order valence-electron chi connectivity index (χ3n) is 6.39. The van der Waals surface area contributed by atoms with E-state index in [0.29, 0.717) is 43.0 Å². The second-order valence-electron chi connectivity index (χ2n) is 8.11. The number of carbonyl (C=O) groups excluding carboxylic acids is 2. The van der Waals surface area contributed by atoms with Crippen LogP contribution in [0.5, 0.6) is 11.5 Å². The highest BCUT2D eigenvalue weighted by Crippen LogP contribution is 2.38. The Morgan fingerprint density at radius 3 is 2.32 bits per heavy atom. The van der Waals surface area contributed by atoms with Crippen molar-refractivity contribution in [2.75, 3.05) is 33.9 Å². The zero-order valence-corrected chi connectivity index (χ0v) is 18.1. The highest BCUT2D eigenvalue weighted by molar-refractivity contribution is 5.94. The van der Waals surface area contributed by atoms with Gasteiger partial charge in [-0.05, 0) is 55.5 Å². The number of likely N-dealkylation sites (tertiary alicyclic amines) is 2. The first-order valence-electron chi connectivity index (χ1n) is 10.8. The molecule has 2 aliphatic heterocycles. The number of ether oxygens (including phenoxy) is 2. The van der Waals surface area contributed by atoms with Crippen molar-refractivity contribution in [1.29, 1.82) is 0 Å². The van der Waals surface area contributed by atoms with Crippen LogP contribution in [0.25, 0.3) is 0 Å². The number of nitrogens with zero attached hydrogens (tertiary/aromatic N) is 3. The van der Waals surface area contributed by atoms with Gasteiger partial charge in [-0.1, -0.05) is 6.07 Å². The first kappa shape index (κ1) is 21.2. The Morgan fingerprint density at radius 2 is 1.65 bits per heavy atom. The molecule has 0 bridgehead atoms. The Balaban J connectivity index is 1.41. The molecule has 7 heteroatoms. The van der Waals surface area contributed by atoms with Crippen LogP contribution in [0.4, 0.5) is 0 Å². The molecule has 1 aromatic heterocycles. The van der Waals surface area contributed by atoms with E-state index in [2.05, 4.69) is 4.98 Å². The first-order chi connectivity index (χ1) is 15.1. The summed E-state index contributed by atoms with van der Waals surface area (Å²) in [6.07, 6.45) is 6.59. The number of hydrogen-bond acceptors (Lipinski definition) is 5. The van der Waals surface area contributed by atoms with Crippen molar-refractivity contribution in [1.82, 2.24) is 14.8 Å². The van der Waals surface area contributed by atoms with Crippen LogP contribution >= 0.6 is 0 Å². The van der Waals surface area contributed by atoms with Crippen LogP contribution in [0.15, 0.2) is 42.7 Å². The first-order valence-corrected chi connectivity index (χ1v) is 10.8. The van der Waals surface area contributed by atoms with Crippen molar-refractivity contribution in [3.63, 3.8) is 0 Å². The van der Waals surface area contributed by atoms with Crippen molar-refractivity contribution in [3.05, 3.63) is 53.9 Å². The maximum Gasteiger partial charge on any atom is 0.253 e. The summed E-state index contributed by atoms with van der Waals surface area (Å²) in [6, 6.07) is 9.43. The van der Waals surface area contributed by atoms with Gasteiger partial charge in [0.1, 0.15) is 0 Å². The topological polar surface area (TPSA) is 72.0 Å². The van der Waals surface area contributed by atoms with Gasteiger partial charge in [-0.25, -0.2) is 0 Å². The number of carbonyl (C=O) groups is 2. The van der Waals surface area contributed by atoms with E-state index in [4.69, 9.17) is 9.47 Å². The maximum atomic E-state index is 13.4. The molecule has 0 saturated carbocycles. The van der Waals surface area contributed by atoms with Crippen molar-refractivity contribution in [3.8, 4) is 11.5 Å². The SMILES string of the molecule is COc1ccc([C@@H]2CCCN2C(=O)C2CCN(C(=O)c3ccncc3)CC2)cc1OC. The Hall–Kier alpha value is -3.09. The molecule has 4 rings (SSSR count). The Labute approximate surface area is 183 Å². The van der Waals surface area contributed by atoms with Gasteiger partial charge in [0, 0.05) is 43.5 Å². The van der Waals surface area contributed by atoms with Gasteiger partial charge in [0.25, 0.3) is 5.91 Å². The maximum absolute atomic E-state index is 13.4.